The monoisotopic (exact) mass is 379 g/mol. The molecule has 0 amide bonds. The molecule has 8 nitrogen and oxygen atoms in total. The molecule has 1 aliphatic rings. The molecule has 2 rings (SSSR count). The number of piperazine rings is 1. The molecular weight excluding hydrogens is 360 g/mol. The number of sulfone groups is 1. The summed E-state index contributed by atoms with van der Waals surface area (Å²) in [6.07, 6.45) is -0.486. The Bertz CT molecular complexity index is 734. The van der Waals surface area contributed by atoms with Crippen molar-refractivity contribution in [3.8, 4) is 0 Å². The summed E-state index contributed by atoms with van der Waals surface area (Å²) in [5.41, 5.74) is -0.333. The van der Waals surface area contributed by atoms with Gasteiger partial charge in [0.2, 0.25) is 9.84 Å². The molecule has 25 heavy (non-hydrogen) atoms. The van der Waals surface area contributed by atoms with Crippen molar-refractivity contribution in [1.29, 1.82) is 0 Å². The lowest BCUT2D eigenvalue weighted by molar-refractivity contribution is -0.384. The van der Waals surface area contributed by atoms with Gasteiger partial charge in [0.15, 0.2) is 0 Å². The number of nitro benzene ring substituents is 1. The predicted molar refractivity (Wildman–Crippen MR) is 86.6 cm³/mol. The molecule has 1 saturated heterocycles. The molecule has 1 heterocycles. The Balaban J connectivity index is 2.26. The van der Waals surface area contributed by atoms with Crippen LogP contribution < -0.4 is 4.90 Å². The molecule has 0 saturated carbocycles. The number of rotatable bonds is 6. The van der Waals surface area contributed by atoms with Crippen LogP contribution in [-0.4, -0.2) is 67.9 Å². The van der Waals surface area contributed by atoms with Gasteiger partial charge in [-0.05, 0) is 19.1 Å². The Morgan fingerprint density at radius 1 is 1.28 bits per heavy atom. The lowest BCUT2D eigenvalue weighted by Gasteiger charge is -2.36. The van der Waals surface area contributed by atoms with E-state index in [1.54, 1.807) is 11.8 Å². The van der Waals surface area contributed by atoms with Crippen LogP contribution in [0.4, 0.5) is 20.2 Å². The molecular formula is C14H19F2N3O5S. The number of aliphatic hydroxyl groups excluding tert-OH is 1. The molecule has 140 valence electrons. The number of hydrogen-bond donors (Lipinski definition) is 1. The zero-order valence-corrected chi connectivity index (χ0v) is 14.3. The first-order valence-electron chi connectivity index (χ1n) is 7.58. The maximum absolute atomic E-state index is 12.6. The minimum atomic E-state index is -4.89. The molecule has 1 fully saturated rings. The second-order valence-electron chi connectivity index (χ2n) is 5.85. The van der Waals surface area contributed by atoms with E-state index in [1.165, 1.54) is 6.07 Å². The van der Waals surface area contributed by atoms with E-state index in [2.05, 4.69) is 0 Å². The summed E-state index contributed by atoms with van der Waals surface area (Å²) >= 11 is 0. The summed E-state index contributed by atoms with van der Waals surface area (Å²) in [7, 11) is -4.89. The molecule has 0 aliphatic carbocycles. The van der Waals surface area contributed by atoms with Crippen molar-refractivity contribution in [2.24, 2.45) is 0 Å². The molecule has 0 bridgehead atoms. The van der Waals surface area contributed by atoms with Gasteiger partial charge in [-0.25, -0.2) is 8.42 Å². The average Bonchev–Trinajstić information content (AvgIpc) is 2.54. The summed E-state index contributed by atoms with van der Waals surface area (Å²) in [6, 6.07) is 2.84. The van der Waals surface area contributed by atoms with Crippen LogP contribution in [0.25, 0.3) is 0 Å². The van der Waals surface area contributed by atoms with Gasteiger partial charge in [-0.15, -0.1) is 0 Å². The Kier molecular flexibility index (Phi) is 5.91. The van der Waals surface area contributed by atoms with E-state index in [0.29, 0.717) is 38.8 Å². The average molecular weight is 379 g/mol. The van der Waals surface area contributed by atoms with Crippen LogP contribution in [-0.2, 0) is 9.84 Å². The third-order valence-corrected chi connectivity index (χ3v) is 5.32. The first kappa shape index (κ1) is 19.5. The smallest absolute Gasteiger partial charge is 0.341 e. The lowest BCUT2D eigenvalue weighted by Crippen LogP contribution is -2.48. The molecule has 0 radical (unpaired) electrons. The maximum atomic E-state index is 12.6. The van der Waals surface area contributed by atoms with Crippen LogP contribution in [0.5, 0.6) is 0 Å². The minimum Gasteiger partial charge on any atom is -0.392 e. The van der Waals surface area contributed by atoms with Gasteiger partial charge < -0.3 is 10.0 Å². The van der Waals surface area contributed by atoms with Gasteiger partial charge in [-0.2, -0.15) is 8.78 Å². The molecule has 1 aliphatic heterocycles. The highest BCUT2D eigenvalue weighted by Crippen LogP contribution is 2.32. The second-order valence-corrected chi connectivity index (χ2v) is 7.77. The normalized spacial score (nSPS) is 17.7. The number of nitrogens with zero attached hydrogens (tertiary/aromatic N) is 3. The van der Waals surface area contributed by atoms with Crippen LogP contribution in [0, 0.1) is 10.1 Å². The van der Waals surface area contributed by atoms with Crippen LogP contribution in [0.15, 0.2) is 23.1 Å². The number of benzene rings is 1. The number of aliphatic hydroxyl groups is 1. The van der Waals surface area contributed by atoms with E-state index in [0.717, 1.165) is 6.07 Å². The molecule has 0 unspecified atom stereocenters. The Morgan fingerprint density at radius 2 is 1.88 bits per heavy atom. The lowest BCUT2D eigenvalue weighted by atomic mass is 10.2. The van der Waals surface area contributed by atoms with Crippen molar-refractivity contribution >= 4 is 21.2 Å². The Hall–Kier alpha value is -1.85. The van der Waals surface area contributed by atoms with Crippen molar-refractivity contribution in [2.75, 3.05) is 37.6 Å². The number of halogens is 2. The van der Waals surface area contributed by atoms with Crippen molar-refractivity contribution in [1.82, 2.24) is 4.90 Å². The Labute approximate surface area is 143 Å². The van der Waals surface area contributed by atoms with Crippen molar-refractivity contribution < 1.29 is 27.2 Å². The minimum absolute atomic E-state index is 0.190. The van der Waals surface area contributed by atoms with E-state index in [9.17, 15) is 32.4 Å². The number of nitro groups is 1. The summed E-state index contributed by atoms with van der Waals surface area (Å²) < 4.78 is 48.3. The fourth-order valence-electron chi connectivity index (χ4n) is 2.74. The van der Waals surface area contributed by atoms with Gasteiger partial charge in [0.05, 0.1) is 15.9 Å². The van der Waals surface area contributed by atoms with Crippen LogP contribution in [0.1, 0.15) is 6.92 Å². The molecule has 11 heteroatoms. The first-order chi connectivity index (χ1) is 11.6. The fraction of sp³-hybridized carbons (Fsp3) is 0.571. The molecule has 1 N–H and O–H groups in total. The van der Waals surface area contributed by atoms with E-state index < -0.39 is 37.2 Å². The highest BCUT2D eigenvalue weighted by atomic mass is 32.2. The molecule has 1 aromatic rings. The third-order valence-electron chi connectivity index (χ3n) is 3.94. The number of β-amino-alcohol motifs (C(OH)–C–C–N with tert-alkyl or cyclic N) is 1. The van der Waals surface area contributed by atoms with Gasteiger partial charge >= 0.3 is 5.76 Å². The SMILES string of the molecule is C[C@@H](O)CN1CCN(c2ccc(S(=O)(=O)C(F)F)cc2[N+](=O)[O-])CC1. The fourth-order valence-corrected chi connectivity index (χ4v) is 3.48. The third kappa shape index (κ3) is 4.41. The van der Waals surface area contributed by atoms with Crippen molar-refractivity contribution in [2.45, 2.75) is 23.7 Å². The molecule has 0 spiro atoms. The topological polar surface area (TPSA) is 104 Å². The molecule has 1 atom stereocenters. The van der Waals surface area contributed by atoms with Crippen molar-refractivity contribution in [3.05, 3.63) is 28.3 Å². The van der Waals surface area contributed by atoms with Gasteiger partial charge in [0.1, 0.15) is 5.69 Å². The predicted octanol–water partition coefficient (Wildman–Crippen LogP) is 1.09. The number of anilines is 1. The maximum Gasteiger partial charge on any atom is 0.341 e. The zero-order chi connectivity index (χ0) is 18.8. The summed E-state index contributed by atoms with van der Waals surface area (Å²) in [4.78, 5) is 13.4. The van der Waals surface area contributed by atoms with Gasteiger partial charge in [0.25, 0.3) is 5.69 Å². The summed E-state index contributed by atoms with van der Waals surface area (Å²) in [5.74, 6) is -3.64. The molecule has 0 aromatic heterocycles. The van der Waals surface area contributed by atoms with Gasteiger partial charge in [-0.1, -0.05) is 0 Å². The summed E-state index contributed by atoms with van der Waals surface area (Å²) in [5, 5.41) is 20.7. The van der Waals surface area contributed by atoms with E-state index >= 15 is 0 Å². The first-order valence-corrected chi connectivity index (χ1v) is 9.13. The quantitative estimate of drug-likeness (QED) is 0.583. The van der Waals surface area contributed by atoms with Crippen LogP contribution >= 0.6 is 0 Å². The summed E-state index contributed by atoms with van der Waals surface area (Å²) in [6.45, 7) is 4.17. The molecule has 1 aromatic carbocycles. The standard InChI is InChI=1S/C14H19F2N3O5S/c1-10(20)9-17-4-6-18(7-5-17)12-3-2-11(8-13(12)19(21)22)25(23,24)14(15)16/h2-3,8,10,14,20H,4-7,9H2,1H3/t10-/m1/s1. The van der Waals surface area contributed by atoms with Crippen LogP contribution in [0.2, 0.25) is 0 Å². The van der Waals surface area contributed by atoms with E-state index in [1.807, 2.05) is 4.90 Å². The highest BCUT2D eigenvalue weighted by molar-refractivity contribution is 7.91. The zero-order valence-electron chi connectivity index (χ0n) is 13.5. The number of hydrogen-bond acceptors (Lipinski definition) is 7. The largest absolute Gasteiger partial charge is 0.392 e. The van der Waals surface area contributed by atoms with Crippen molar-refractivity contribution in [3.63, 3.8) is 0 Å². The number of alkyl halides is 2. The van der Waals surface area contributed by atoms with Gasteiger partial charge in [-0.3, -0.25) is 15.0 Å². The van der Waals surface area contributed by atoms with Crippen LogP contribution in [0.3, 0.4) is 0 Å². The second kappa shape index (κ2) is 7.58. The van der Waals surface area contributed by atoms with E-state index in [4.69, 9.17) is 0 Å². The Morgan fingerprint density at radius 3 is 2.36 bits per heavy atom. The highest BCUT2D eigenvalue weighted by Gasteiger charge is 2.31. The van der Waals surface area contributed by atoms with Gasteiger partial charge in [0, 0.05) is 38.8 Å². The van der Waals surface area contributed by atoms with E-state index in [-0.39, 0.29) is 5.69 Å².